The van der Waals surface area contributed by atoms with E-state index in [4.69, 9.17) is 17.0 Å². The van der Waals surface area contributed by atoms with Gasteiger partial charge in [0.15, 0.2) is 4.77 Å². The molecule has 0 amide bonds. The van der Waals surface area contributed by atoms with Crippen LogP contribution in [0.5, 0.6) is 0 Å². The number of aromatic nitrogens is 5. The number of H-pyrrole nitrogens is 1. The molecule has 0 spiro atoms. The van der Waals surface area contributed by atoms with Gasteiger partial charge in [0, 0.05) is 19.7 Å². The van der Waals surface area contributed by atoms with Crippen molar-refractivity contribution >= 4 is 12.2 Å². The van der Waals surface area contributed by atoms with Crippen LogP contribution in [-0.2, 0) is 17.7 Å². The van der Waals surface area contributed by atoms with Crippen LogP contribution in [0.1, 0.15) is 19.2 Å². The zero-order valence-corrected chi connectivity index (χ0v) is 11.4. The van der Waals surface area contributed by atoms with Gasteiger partial charge in [0.2, 0.25) is 0 Å². The van der Waals surface area contributed by atoms with E-state index in [0.29, 0.717) is 11.4 Å². The number of ether oxygens (including phenoxy) is 1. The zero-order chi connectivity index (χ0) is 13.0. The lowest BCUT2D eigenvalue weighted by molar-refractivity contribution is 0.183. The summed E-state index contributed by atoms with van der Waals surface area (Å²) in [6, 6.07) is 0. The fourth-order valence-electron chi connectivity index (χ4n) is 1.76. The molecule has 0 fully saturated rings. The molecule has 0 aliphatic heterocycles. The first-order valence-corrected chi connectivity index (χ1v) is 6.35. The molecule has 0 aromatic carbocycles. The Balaban J connectivity index is 2.27. The Morgan fingerprint density at radius 3 is 3.06 bits per heavy atom. The number of nitrogens with one attached hydrogen (secondary N) is 1. The lowest BCUT2D eigenvalue weighted by Crippen LogP contribution is -2.04. The lowest BCUT2D eigenvalue weighted by Gasteiger charge is -2.02. The fourth-order valence-corrected chi connectivity index (χ4v) is 2.02. The third kappa shape index (κ3) is 2.68. The maximum absolute atomic E-state index is 5.25. The van der Waals surface area contributed by atoms with Crippen LogP contribution in [0.4, 0.5) is 0 Å². The lowest BCUT2D eigenvalue weighted by atomic mass is 10.3. The summed E-state index contributed by atoms with van der Waals surface area (Å²) >= 11 is 5.25. The summed E-state index contributed by atoms with van der Waals surface area (Å²) in [6.45, 7) is 3.48. The second kappa shape index (κ2) is 5.92. The summed E-state index contributed by atoms with van der Waals surface area (Å²) in [5.41, 5.74) is 0.938. The van der Waals surface area contributed by atoms with E-state index in [2.05, 4.69) is 22.2 Å². The van der Waals surface area contributed by atoms with E-state index in [1.54, 1.807) is 13.3 Å². The van der Waals surface area contributed by atoms with Gasteiger partial charge in [-0.2, -0.15) is 10.2 Å². The molecule has 18 heavy (non-hydrogen) atoms. The highest BCUT2D eigenvalue weighted by Gasteiger charge is 2.09. The molecule has 7 heteroatoms. The Kier molecular flexibility index (Phi) is 4.27. The van der Waals surface area contributed by atoms with Gasteiger partial charge in [-0.1, -0.05) is 6.92 Å². The molecule has 0 aliphatic rings. The van der Waals surface area contributed by atoms with Gasteiger partial charge in [-0.25, -0.2) is 0 Å². The van der Waals surface area contributed by atoms with Crippen LogP contribution in [0.15, 0.2) is 12.4 Å². The molecule has 0 atom stereocenters. The van der Waals surface area contributed by atoms with Gasteiger partial charge in [0.1, 0.15) is 5.82 Å². The first-order chi connectivity index (χ1) is 8.76. The number of hydrogen-bond acceptors (Lipinski definition) is 4. The number of nitrogens with zero attached hydrogens (tertiary/aromatic N) is 4. The van der Waals surface area contributed by atoms with Crippen LogP contribution in [-0.4, -0.2) is 38.3 Å². The second-order valence-corrected chi connectivity index (χ2v) is 4.37. The Bertz CT molecular complexity index is 556. The van der Waals surface area contributed by atoms with Gasteiger partial charge in [-0.15, -0.1) is 0 Å². The molecular weight excluding hydrogens is 250 g/mol. The minimum atomic E-state index is 0.602. The van der Waals surface area contributed by atoms with Gasteiger partial charge in [0.05, 0.1) is 25.0 Å². The highest BCUT2D eigenvalue weighted by molar-refractivity contribution is 7.71. The quantitative estimate of drug-likeness (QED) is 0.810. The van der Waals surface area contributed by atoms with Crippen molar-refractivity contribution in [2.24, 2.45) is 0 Å². The van der Waals surface area contributed by atoms with E-state index in [-0.39, 0.29) is 0 Å². The topological polar surface area (TPSA) is 60.7 Å². The van der Waals surface area contributed by atoms with E-state index >= 15 is 0 Å². The van der Waals surface area contributed by atoms with Crippen molar-refractivity contribution in [2.75, 3.05) is 13.7 Å². The molecule has 0 aliphatic carbocycles. The molecule has 2 aromatic rings. The van der Waals surface area contributed by atoms with Crippen molar-refractivity contribution < 1.29 is 4.74 Å². The summed E-state index contributed by atoms with van der Waals surface area (Å²) in [7, 11) is 1.68. The predicted molar refractivity (Wildman–Crippen MR) is 70.4 cm³/mol. The summed E-state index contributed by atoms with van der Waals surface area (Å²) in [4.78, 5) is 0. The summed E-state index contributed by atoms with van der Waals surface area (Å²) in [6.07, 6.45) is 5.65. The minimum absolute atomic E-state index is 0.602. The van der Waals surface area contributed by atoms with E-state index in [1.807, 2.05) is 15.4 Å². The normalized spacial score (nSPS) is 11.0. The zero-order valence-electron chi connectivity index (χ0n) is 10.6. The number of rotatable bonds is 6. The average molecular weight is 267 g/mol. The molecule has 2 rings (SSSR count). The predicted octanol–water partition coefficient (Wildman–Crippen LogP) is 1.73. The Hall–Kier alpha value is -1.47. The van der Waals surface area contributed by atoms with Crippen LogP contribution in [0.25, 0.3) is 5.69 Å². The molecule has 0 unspecified atom stereocenters. The smallest absolute Gasteiger partial charge is 0.199 e. The average Bonchev–Trinajstić information content (AvgIpc) is 2.94. The maximum atomic E-state index is 5.25. The van der Waals surface area contributed by atoms with Gasteiger partial charge in [-0.05, 0) is 18.6 Å². The second-order valence-electron chi connectivity index (χ2n) is 3.98. The standard InChI is InChI=1S/C11H17N5OS/c1-3-4-10-13-14-11(18)16(10)9-7-12-15(8-9)5-6-17-2/h7-8H,3-6H2,1-2H3,(H,14,18). The molecule has 2 aromatic heterocycles. The van der Waals surface area contributed by atoms with Gasteiger partial charge >= 0.3 is 0 Å². The van der Waals surface area contributed by atoms with Gasteiger partial charge in [-0.3, -0.25) is 14.3 Å². The number of hydrogen-bond donors (Lipinski definition) is 1. The van der Waals surface area contributed by atoms with Crippen LogP contribution in [0.2, 0.25) is 0 Å². The van der Waals surface area contributed by atoms with Crippen molar-refractivity contribution in [3.63, 3.8) is 0 Å². The SMILES string of the molecule is CCCc1n[nH]c(=S)n1-c1cnn(CCOC)c1. The highest BCUT2D eigenvalue weighted by Crippen LogP contribution is 2.11. The fraction of sp³-hybridized carbons (Fsp3) is 0.545. The van der Waals surface area contributed by atoms with Crippen LogP contribution in [0.3, 0.4) is 0 Å². The summed E-state index contributed by atoms with van der Waals surface area (Å²) < 4.78 is 9.39. The Morgan fingerprint density at radius 2 is 2.33 bits per heavy atom. The molecule has 0 saturated heterocycles. The van der Waals surface area contributed by atoms with Crippen LogP contribution in [0, 0.1) is 4.77 Å². The monoisotopic (exact) mass is 267 g/mol. The van der Waals surface area contributed by atoms with Crippen molar-refractivity contribution in [1.82, 2.24) is 24.5 Å². The minimum Gasteiger partial charge on any atom is -0.383 e. The number of aryl methyl sites for hydroxylation is 1. The van der Waals surface area contributed by atoms with Gasteiger partial charge < -0.3 is 4.74 Å². The number of aromatic amines is 1. The molecular formula is C11H17N5OS. The Labute approximate surface area is 111 Å². The molecule has 2 heterocycles. The molecule has 0 saturated carbocycles. The maximum Gasteiger partial charge on any atom is 0.199 e. The Morgan fingerprint density at radius 1 is 1.50 bits per heavy atom. The van der Waals surface area contributed by atoms with Crippen molar-refractivity contribution in [3.8, 4) is 5.69 Å². The first-order valence-electron chi connectivity index (χ1n) is 5.94. The molecule has 0 radical (unpaired) electrons. The van der Waals surface area contributed by atoms with Crippen molar-refractivity contribution in [1.29, 1.82) is 0 Å². The molecule has 0 bridgehead atoms. The summed E-state index contributed by atoms with van der Waals surface area (Å²) in [5.74, 6) is 0.939. The van der Waals surface area contributed by atoms with E-state index in [0.717, 1.165) is 30.9 Å². The largest absolute Gasteiger partial charge is 0.383 e. The molecule has 98 valence electrons. The molecule has 1 N–H and O–H groups in total. The van der Waals surface area contributed by atoms with Crippen LogP contribution >= 0.6 is 12.2 Å². The third-order valence-corrected chi connectivity index (χ3v) is 2.89. The number of methoxy groups -OCH3 is 1. The third-order valence-electron chi connectivity index (χ3n) is 2.62. The van der Waals surface area contributed by atoms with Crippen molar-refractivity contribution in [2.45, 2.75) is 26.3 Å². The summed E-state index contributed by atoms with van der Waals surface area (Å²) in [5, 5.41) is 11.3. The van der Waals surface area contributed by atoms with E-state index < -0.39 is 0 Å². The van der Waals surface area contributed by atoms with E-state index in [9.17, 15) is 0 Å². The highest BCUT2D eigenvalue weighted by atomic mass is 32.1. The van der Waals surface area contributed by atoms with Crippen molar-refractivity contribution in [3.05, 3.63) is 23.0 Å². The van der Waals surface area contributed by atoms with Crippen LogP contribution < -0.4 is 0 Å². The molecule has 6 nitrogen and oxygen atoms in total. The first kappa shape index (κ1) is 13.0. The van der Waals surface area contributed by atoms with Gasteiger partial charge in [0.25, 0.3) is 0 Å². The van der Waals surface area contributed by atoms with E-state index in [1.165, 1.54) is 0 Å².